The van der Waals surface area contributed by atoms with Crippen molar-refractivity contribution in [3.8, 4) is 0 Å². The zero-order chi connectivity index (χ0) is 15.8. The molecule has 0 saturated heterocycles. The molecule has 0 unspecified atom stereocenters. The van der Waals surface area contributed by atoms with Gasteiger partial charge >= 0.3 is 0 Å². The van der Waals surface area contributed by atoms with Gasteiger partial charge in [0, 0.05) is 6.04 Å². The average Bonchev–Trinajstić information content (AvgIpc) is 2.36. The van der Waals surface area contributed by atoms with Gasteiger partial charge in [-0.2, -0.15) is 0 Å². The highest BCUT2D eigenvalue weighted by atomic mass is 35.5. The van der Waals surface area contributed by atoms with Crippen LogP contribution in [0.1, 0.15) is 45.1 Å². The summed E-state index contributed by atoms with van der Waals surface area (Å²) >= 11 is 5.92. The molecule has 0 aliphatic heterocycles. The molecule has 2 rings (SSSR count). The predicted octanol–water partition coefficient (Wildman–Crippen LogP) is 3.48. The summed E-state index contributed by atoms with van der Waals surface area (Å²) in [5.74, 6) is 0. The van der Waals surface area contributed by atoms with Gasteiger partial charge in [-0.25, -0.2) is 13.1 Å². The van der Waals surface area contributed by atoms with Gasteiger partial charge in [-0.15, -0.1) is 0 Å². The van der Waals surface area contributed by atoms with E-state index in [4.69, 9.17) is 17.3 Å². The van der Waals surface area contributed by atoms with Gasteiger partial charge in [0.05, 0.1) is 15.6 Å². The maximum Gasteiger partial charge on any atom is 0.241 e. The number of nitrogens with two attached hydrogens (primary N) is 1. The lowest BCUT2D eigenvalue weighted by Crippen LogP contribution is -2.39. The molecule has 1 aliphatic carbocycles. The summed E-state index contributed by atoms with van der Waals surface area (Å²) in [6.07, 6.45) is 3.80. The Morgan fingerprint density at radius 3 is 2.43 bits per heavy atom. The Morgan fingerprint density at radius 1 is 1.29 bits per heavy atom. The second kappa shape index (κ2) is 5.78. The smallest absolute Gasteiger partial charge is 0.241 e. The Bertz CT molecular complexity index is 631. The molecule has 1 aromatic rings. The van der Waals surface area contributed by atoms with Gasteiger partial charge in [0.1, 0.15) is 0 Å². The van der Waals surface area contributed by atoms with Crippen LogP contribution in [-0.2, 0) is 10.0 Å². The van der Waals surface area contributed by atoms with Gasteiger partial charge in [0.25, 0.3) is 0 Å². The van der Waals surface area contributed by atoms with E-state index in [-0.39, 0.29) is 16.6 Å². The Hall–Kier alpha value is -0.780. The number of nitrogens with one attached hydrogen (secondary N) is 1. The van der Waals surface area contributed by atoms with Crippen molar-refractivity contribution in [1.82, 2.24) is 4.72 Å². The molecule has 0 radical (unpaired) electrons. The zero-order valence-corrected chi connectivity index (χ0v) is 14.3. The normalized spacial score (nSPS) is 19.6. The highest BCUT2D eigenvalue weighted by Gasteiger charge is 2.30. The third-order valence-electron chi connectivity index (χ3n) is 4.24. The molecular weight excluding hydrogens is 308 g/mol. The monoisotopic (exact) mass is 330 g/mol. The first-order valence-corrected chi connectivity index (χ1v) is 9.05. The first-order chi connectivity index (χ1) is 9.61. The molecule has 6 heteroatoms. The summed E-state index contributed by atoms with van der Waals surface area (Å²) in [6.45, 7) is 6.17. The van der Waals surface area contributed by atoms with Crippen LogP contribution in [0.5, 0.6) is 0 Å². The highest BCUT2D eigenvalue weighted by molar-refractivity contribution is 7.89. The molecule has 21 heavy (non-hydrogen) atoms. The largest absolute Gasteiger partial charge is 0.397 e. The standard InChI is InChI=1S/C15H23ClN2O2S/c1-10-8-12(16)13(17)9-14(10)21(19,20)18-11-4-6-15(2,3)7-5-11/h8-9,11,18H,4-7,17H2,1-3H3. The van der Waals surface area contributed by atoms with Crippen LogP contribution >= 0.6 is 11.6 Å². The lowest BCUT2D eigenvalue weighted by atomic mass is 9.76. The van der Waals surface area contributed by atoms with Gasteiger partial charge < -0.3 is 5.73 Å². The van der Waals surface area contributed by atoms with Gasteiger partial charge in [-0.3, -0.25) is 0 Å². The van der Waals surface area contributed by atoms with Gasteiger partial charge in [-0.05, 0) is 55.7 Å². The zero-order valence-electron chi connectivity index (χ0n) is 12.7. The Labute approximate surface area is 132 Å². The molecule has 0 amide bonds. The number of aryl methyl sites for hydroxylation is 1. The molecule has 1 aromatic carbocycles. The van der Waals surface area contributed by atoms with Crippen LogP contribution in [0, 0.1) is 12.3 Å². The van der Waals surface area contributed by atoms with Gasteiger partial charge in [0.2, 0.25) is 10.0 Å². The second-order valence-corrected chi connectivity index (χ2v) is 8.79. The number of halogens is 1. The predicted molar refractivity (Wildman–Crippen MR) is 87.0 cm³/mol. The number of benzene rings is 1. The van der Waals surface area contributed by atoms with Crippen molar-refractivity contribution in [3.05, 3.63) is 22.7 Å². The van der Waals surface area contributed by atoms with Crippen molar-refractivity contribution in [2.75, 3.05) is 5.73 Å². The van der Waals surface area contributed by atoms with E-state index < -0.39 is 10.0 Å². The molecule has 0 bridgehead atoms. The van der Waals surface area contributed by atoms with Crippen LogP contribution in [0.15, 0.2) is 17.0 Å². The Balaban J connectivity index is 2.18. The Kier molecular flexibility index (Phi) is 4.57. The van der Waals surface area contributed by atoms with E-state index in [0.29, 0.717) is 16.0 Å². The van der Waals surface area contributed by atoms with Crippen LogP contribution in [-0.4, -0.2) is 14.5 Å². The maximum absolute atomic E-state index is 12.5. The average molecular weight is 331 g/mol. The molecule has 1 saturated carbocycles. The fraction of sp³-hybridized carbons (Fsp3) is 0.600. The van der Waals surface area contributed by atoms with Crippen molar-refractivity contribution in [2.24, 2.45) is 5.41 Å². The summed E-state index contributed by atoms with van der Waals surface area (Å²) in [5.41, 5.74) is 6.93. The van der Waals surface area contributed by atoms with Crippen LogP contribution in [0.3, 0.4) is 0 Å². The highest BCUT2D eigenvalue weighted by Crippen LogP contribution is 2.35. The molecule has 3 N–H and O–H groups in total. The number of sulfonamides is 1. The van der Waals surface area contributed by atoms with Crippen LogP contribution in [0.25, 0.3) is 0 Å². The van der Waals surface area contributed by atoms with E-state index in [0.717, 1.165) is 25.7 Å². The van der Waals surface area contributed by atoms with Crippen molar-refractivity contribution in [1.29, 1.82) is 0 Å². The number of rotatable bonds is 3. The fourth-order valence-electron chi connectivity index (χ4n) is 2.76. The molecule has 1 fully saturated rings. The maximum atomic E-state index is 12.5. The van der Waals surface area contributed by atoms with E-state index in [2.05, 4.69) is 18.6 Å². The molecule has 118 valence electrons. The fourth-order valence-corrected chi connectivity index (χ4v) is 4.54. The molecular formula is C15H23ClN2O2S. The van der Waals surface area contributed by atoms with Crippen LogP contribution in [0.4, 0.5) is 5.69 Å². The lowest BCUT2D eigenvalue weighted by Gasteiger charge is -2.34. The van der Waals surface area contributed by atoms with Gasteiger partial charge in [-0.1, -0.05) is 25.4 Å². The third kappa shape index (κ3) is 3.90. The van der Waals surface area contributed by atoms with Crippen LogP contribution < -0.4 is 10.5 Å². The number of hydrogen-bond donors (Lipinski definition) is 2. The second-order valence-electron chi connectivity index (χ2n) is 6.70. The minimum atomic E-state index is -3.56. The van der Waals surface area contributed by atoms with E-state index in [1.54, 1.807) is 13.0 Å². The summed E-state index contributed by atoms with van der Waals surface area (Å²) in [4.78, 5) is 0.217. The molecule has 0 heterocycles. The molecule has 4 nitrogen and oxygen atoms in total. The number of nitrogen functional groups attached to an aromatic ring is 1. The SMILES string of the molecule is Cc1cc(Cl)c(N)cc1S(=O)(=O)NC1CCC(C)(C)CC1. The summed E-state index contributed by atoms with van der Waals surface area (Å²) in [6, 6.07) is 3.03. The summed E-state index contributed by atoms with van der Waals surface area (Å²) in [5, 5.41) is 0.380. The quantitative estimate of drug-likeness (QED) is 0.833. The number of anilines is 1. The molecule has 0 spiro atoms. The van der Waals surface area contributed by atoms with E-state index >= 15 is 0 Å². The van der Waals surface area contributed by atoms with E-state index in [1.807, 2.05) is 0 Å². The van der Waals surface area contributed by atoms with Gasteiger partial charge in [0.15, 0.2) is 0 Å². The van der Waals surface area contributed by atoms with Crippen molar-refractivity contribution in [3.63, 3.8) is 0 Å². The third-order valence-corrected chi connectivity index (χ3v) is 6.23. The molecule has 0 aromatic heterocycles. The van der Waals surface area contributed by atoms with Crippen molar-refractivity contribution in [2.45, 2.75) is 57.4 Å². The van der Waals surface area contributed by atoms with Crippen LogP contribution in [0.2, 0.25) is 5.02 Å². The van der Waals surface area contributed by atoms with Crippen molar-refractivity contribution >= 4 is 27.3 Å². The van der Waals surface area contributed by atoms with E-state index in [9.17, 15) is 8.42 Å². The molecule has 0 atom stereocenters. The minimum absolute atomic E-state index is 0.000623. The van der Waals surface area contributed by atoms with Crippen molar-refractivity contribution < 1.29 is 8.42 Å². The topological polar surface area (TPSA) is 72.2 Å². The first kappa shape index (κ1) is 16.6. The lowest BCUT2D eigenvalue weighted by molar-refractivity contribution is 0.218. The first-order valence-electron chi connectivity index (χ1n) is 7.19. The van der Waals surface area contributed by atoms with E-state index in [1.165, 1.54) is 6.07 Å². The minimum Gasteiger partial charge on any atom is -0.397 e. The molecule has 1 aliphatic rings. The number of hydrogen-bond acceptors (Lipinski definition) is 3. The Morgan fingerprint density at radius 2 is 1.86 bits per heavy atom. The summed E-state index contributed by atoms with van der Waals surface area (Å²) < 4.78 is 27.9. The summed E-state index contributed by atoms with van der Waals surface area (Å²) in [7, 11) is -3.56.